The minimum atomic E-state index is -0.0270. The van der Waals surface area contributed by atoms with Gasteiger partial charge < -0.3 is 15.0 Å². The summed E-state index contributed by atoms with van der Waals surface area (Å²) in [6.07, 6.45) is 1.71. The maximum absolute atomic E-state index is 12.2. The number of thioether (sulfide) groups is 1. The van der Waals surface area contributed by atoms with Gasteiger partial charge in [-0.3, -0.25) is 4.79 Å². The van der Waals surface area contributed by atoms with Crippen LogP contribution in [-0.2, 0) is 14.9 Å². The first kappa shape index (κ1) is 19.7. The molecule has 6 heteroatoms. The molecule has 1 aliphatic rings. The monoisotopic (exact) mass is 385 g/mol. The molecule has 0 atom stereocenters. The highest BCUT2D eigenvalue weighted by Crippen LogP contribution is 2.25. The number of nitrogens with zero attached hydrogens (tertiary/aromatic N) is 2. The number of aromatic nitrogens is 1. The van der Waals surface area contributed by atoms with Crippen LogP contribution in [0.4, 0.5) is 11.5 Å². The van der Waals surface area contributed by atoms with Gasteiger partial charge in [0.25, 0.3) is 0 Å². The first-order valence-corrected chi connectivity index (χ1v) is 10.2. The van der Waals surface area contributed by atoms with Crippen molar-refractivity contribution in [1.29, 1.82) is 0 Å². The van der Waals surface area contributed by atoms with Gasteiger partial charge in [0.15, 0.2) is 0 Å². The lowest BCUT2D eigenvalue weighted by Gasteiger charge is -2.27. The van der Waals surface area contributed by atoms with Crippen LogP contribution in [-0.4, -0.2) is 42.9 Å². The molecule has 1 N–H and O–H groups in total. The van der Waals surface area contributed by atoms with Gasteiger partial charge in [-0.25, -0.2) is 4.98 Å². The Morgan fingerprint density at radius 2 is 1.85 bits per heavy atom. The van der Waals surface area contributed by atoms with Crippen molar-refractivity contribution in [2.24, 2.45) is 0 Å². The van der Waals surface area contributed by atoms with Crippen molar-refractivity contribution in [1.82, 2.24) is 4.98 Å². The Labute approximate surface area is 165 Å². The zero-order valence-electron chi connectivity index (χ0n) is 16.2. The van der Waals surface area contributed by atoms with Crippen LogP contribution >= 0.6 is 11.8 Å². The number of carbonyl (C=O) groups is 1. The van der Waals surface area contributed by atoms with E-state index in [9.17, 15) is 4.79 Å². The smallest absolute Gasteiger partial charge is 0.234 e. The molecule has 27 heavy (non-hydrogen) atoms. The number of ether oxygens (including phenoxy) is 1. The molecule has 3 rings (SSSR count). The molecule has 1 aromatic heterocycles. The van der Waals surface area contributed by atoms with Crippen molar-refractivity contribution < 1.29 is 9.53 Å². The average Bonchev–Trinajstić information content (AvgIpc) is 2.67. The van der Waals surface area contributed by atoms with Crippen molar-refractivity contribution in [2.75, 3.05) is 42.3 Å². The summed E-state index contributed by atoms with van der Waals surface area (Å²) in [6, 6.07) is 12.3. The average molecular weight is 386 g/mol. The van der Waals surface area contributed by atoms with Crippen LogP contribution in [0, 0.1) is 0 Å². The SMILES string of the molecule is CC(C)(C)c1ccc(SCC(=O)Nc2ccc(N3CCOCC3)nc2)cc1. The number of nitrogens with one attached hydrogen (secondary N) is 1. The number of benzene rings is 1. The second-order valence-corrected chi connectivity index (χ2v) is 8.66. The van der Waals surface area contributed by atoms with E-state index < -0.39 is 0 Å². The number of carbonyl (C=O) groups excluding carboxylic acids is 1. The second-order valence-electron chi connectivity index (χ2n) is 7.62. The highest BCUT2D eigenvalue weighted by molar-refractivity contribution is 8.00. The number of anilines is 2. The van der Waals surface area contributed by atoms with Crippen molar-refractivity contribution in [3.05, 3.63) is 48.2 Å². The third kappa shape index (κ3) is 5.71. The molecule has 1 aliphatic heterocycles. The Morgan fingerprint density at radius 1 is 1.15 bits per heavy atom. The zero-order valence-corrected chi connectivity index (χ0v) is 17.0. The van der Waals surface area contributed by atoms with Crippen LogP contribution in [0.3, 0.4) is 0 Å². The Balaban J connectivity index is 1.49. The lowest BCUT2D eigenvalue weighted by atomic mass is 9.87. The highest BCUT2D eigenvalue weighted by atomic mass is 32.2. The van der Waals surface area contributed by atoms with Crippen LogP contribution in [0.5, 0.6) is 0 Å². The molecule has 1 amide bonds. The minimum absolute atomic E-state index is 0.0270. The minimum Gasteiger partial charge on any atom is -0.378 e. The highest BCUT2D eigenvalue weighted by Gasteiger charge is 2.14. The summed E-state index contributed by atoms with van der Waals surface area (Å²) in [6.45, 7) is 9.75. The second kappa shape index (κ2) is 8.76. The molecule has 5 nitrogen and oxygen atoms in total. The molecule has 0 saturated carbocycles. The van der Waals surface area contributed by atoms with Gasteiger partial charge in [0, 0.05) is 18.0 Å². The molecule has 0 radical (unpaired) electrons. The van der Waals surface area contributed by atoms with Crippen LogP contribution in [0.1, 0.15) is 26.3 Å². The van der Waals surface area contributed by atoms with Crippen LogP contribution < -0.4 is 10.2 Å². The lowest BCUT2D eigenvalue weighted by molar-refractivity contribution is -0.113. The van der Waals surface area contributed by atoms with Gasteiger partial charge in [0.05, 0.1) is 30.9 Å². The summed E-state index contributed by atoms with van der Waals surface area (Å²) >= 11 is 1.54. The van der Waals surface area contributed by atoms with Crippen LogP contribution in [0.25, 0.3) is 0 Å². The maximum atomic E-state index is 12.2. The van der Waals surface area contributed by atoms with Gasteiger partial charge in [0.2, 0.25) is 5.91 Å². The maximum Gasteiger partial charge on any atom is 0.234 e. The molecule has 2 heterocycles. The van der Waals surface area contributed by atoms with E-state index in [1.165, 1.54) is 17.3 Å². The van der Waals surface area contributed by atoms with Gasteiger partial charge in [-0.1, -0.05) is 32.9 Å². The number of amides is 1. The van der Waals surface area contributed by atoms with E-state index in [1.807, 2.05) is 12.1 Å². The topological polar surface area (TPSA) is 54.5 Å². The molecule has 1 aromatic carbocycles. The standard InChI is InChI=1S/C21H27N3O2S/c1-21(2,3)16-4-7-18(8-5-16)27-15-20(25)23-17-6-9-19(22-14-17)24-10-12-26-13-11-24/h4-9,14H,10-13,15H2,1-3H3,(H,23,25). The van der Waals surface area contributed by atoms with Crippen LogP contribution in [0.15, 0.2) is 47.5 Å². The lowest BCUT2D eigenvalue weighted by Crippen LogP contribution is -2.36. The first-order chi connectivity index (χ1) is 12.9. The quantitative estimate of drug-likeness (QED) is 0.790. The fraction of sp³-hybridized carbons (Fsp3) is 0.429. The van der Waals surface area contributed by atoms with Gasteiger partial charge >= 0.3 is 0 Å². The summed E-state index contributed by atoms with van der Waals surface area (Å²) in [4.78, 5) is 20.0. The van der Waals surface area contributed by atoms with E-state index >= 15 is 0 Å². The Morgan fingerprint density at radius 3 is 2.44 bits per heavy atom. The molecule has 0 bridgehead atoms. The van der Waals surface area contributed by atoms with E-state index in [4.69, 9.17) is 4.74 Å². The largest absolute Gasteiger partial charge is 0.378 e. The third-order valence-corrected chi connectivity index (χ3v) is 5.47. The summed E-state index contributed by atoms with van der Waals surface area (Å²) in [7, 11) is 0. The summed E-state index contributed by atoms with van der Waals surface area (Å²) in [5.41, 5.74) is 2.16. The number of hydrogen-bond donors (Lipinski definition) is 1. The van der Waals surface area contributed by atoms with E-state index in [0.29, 0.717) is 5.75 Å². The van der Waals surface area contributed by atoms with Crippen LogP contribution in [0.2, 0.25) is 0 Å². The molecule has 0 spiro atoms. The predicted molar refractivity (Wildman–Crippen MR) is 112 cm³/mol. The molecule has 0 aliphatic carbocycles. The zero-order chi connectivity index (χ0) is 19.3. The molecular weight excluding hydrogens is 358 g/mol. The fourth-order valence-corrected chi connectivity index (χ4v) is 3.54. The number of pyridine rings is 1. The summed E-state index contributed by atoms with van der Waals surface area (Å²) < 4.78 is 5.36. The number of rotatable bonds is 5. The molecule has 2 aromatic rings. The third-order valence-electron chi connectivity index (χ3n) is 4.46. The normalized spacial score (nSPS) is 14.9. The van der Waals surface area contributed by atoms with E-state index in [2.05, 4.69) is 60.2 Å². The van der Waals surface area contributed by atoms with E-state index in [-0.39, 0.29) is 11.3 Å². The predicted octanol–water partition coefficient (Wildman–Crippen LogP) is 3.95. The number of morpholine rings is 1. The molecule has 144 valence electrons. The molecule has 0 unspecified atom stereocenters. The van der Waals surface area contributed by atoms with E-state index in [1.54, 1.807) is 6.20 Å². The van der Waals surface area contributed by atoms with Gasteiger partial charge in [-0.05, 0) is 35.2 Å². The Hall–Kier alpha value is -2.05. The van der Waals surface area contributed by atoms with Gasteiger partial charge in [-0.15, -0.1) is 11.8 Å². The fourth-order valence-electron chi connectivity index (χ4n) is 2.84. The Bertz CT molecular complexity index is 748. The van der Waals surface area contributed by atoms with Crippen molar-refractivity contribution in [2.45, 2.75) is 31.1 Å². The van der Waals surface area contributed by atoms with Crippen molar-refractivity contribution in [3.8, 4) is 0 Å². The molecular formula is C21H27N3O2S. The summed E-state index contributed by atoms with van der Waals surface area (Å²) in [5, 5.41) is 2.91. The Kier molecular flexibility index (Phi) is 6.39. The van der Waals surface area contributed by atoms with Crippen molar-refractivity contribution >= 4 is 29.2 Å². The molecule has 1 fully saturated rings. The van der Waals surface area contributed by atoms with E-state index in [0.717, 1.165) is 42.7 Å². The molecule has 1 saturated heterocycles. The first-order valence-electron chi connectivity index (χ1n) is 9.24. The van der Waals surface area contributed by atoms with Gasteiger partial charge in [-0.2, -0.15) is 0 Å². The number of hydrogen-bond acceptors (Lipinski definition) is 5. The van der Waals surface area contributed by atoms with Crippen molar-refractivity contribution in [3.63, 3.8) is 0 Å². The van der Waals surface area contributed by atoms with Gasteiger partial charge in [0.1, 0.15) is 5.82 Å². The summed E-state index contributed by atoms with van der Waals surface area (Å²) in [5.74, 6) is 1.27.